The van der Waals surface area contributed by atoms with Crippen LogP contribution in [0.25, 0.3) is 0 Å². The van der Waals surface area contributed by atoms with E-state index in [1.54, 1.807) is 11.8 Å². The summed E-state index contributed by atoms with van der Waals surface area (Å²) < 4.78 is 0. The third kappa shape index (κ3) is 6.07. The molecule has 1 aromatic rings. The second-order valence-electron chi connectivity index (χ2n) is 4.14. The molecule has 1 atom stereocenters. The third-order valence-corrected chi connectivity index (χ3v) is 3.65. The summed E-state index contributed by atoms with van der Waals surface area (Å²) in [7, 11) is 0. The van der Waals surface area contributed by atoms with Crippen molar-refractivity contribution in [3.8, 4) is 0 Å². The molecule has 0 fully saturated rings. The van der Waals surface area contributed by atoms with Gasteiger partial charge in [-0.3, -0.25) is 4.79 Å². The Morgan fingerprint density at radius 2 is 2.11 bits per heavy atom. The minimum Gasteiger partial charge on any atom is -0.394 e. The summed E-state index contributed by atoms with van der Waals surface area (Å²) in [4.78, 5) is 11.5. The zero-order chi connectivity index (χ0) is 13.2. The lowest BCUT2D eigenvalue weighted by Crippen LogP contribution is -2.38. The molecule has 1 rings (SSSR count). The molecule has 0 saturated carbocycles. The first-order valence-electron chi connectivity index (χ1n) is 6.28. The average Bonchev–Trinajstić information content (AvgIpc) is 2.42. The first-order chi connectivity index (χ1) is 8.76. The lowest BCUT2D eigenvalue weighted by molar-refractivity contribution is -0.119. The number of amides is 1. The van der Waals surface area contributed by atoms with E-state index in [1.165, 1.54) is 5.56 Å². The van der Waals surface area contributed by atoms with Crippen LogP contribution in [0.4, 0.5) is 0 Å². The Labute approximate surface area is 113 Å². The van der Waals surface area contributed by atoms with Gasteiger partial charge >= 0.3 is 0 Å². The molecule has 1 unspecified atom stereocenters. The van der Waals surface area contributed by atoms with Crippen molar-refractivity contribution >= 4 is 17.7 Å². The maximum absolute atomic E-state index is 11.5. The van der Waals surface area contributed by atoms with Gasteiger partial charge < -0.3 is 10.4 Å². The van der Waals surface area contributed by atoms with E-state index >= 15 is 0 Å². The van der Waals surface area contributed by atoms with E-state index in [1.807, 2.05) is 25.1 Å². The van der Waals surface area contributed by atoms with Gasteiger partial charge in [0.15, 0.2) is 0 Å². The predicted octanol–water partition coefficient (Wildman–Crippen LogP) is 1.85. The fraction of sp³-hybridized carbons (Fsp3) is 0.500. The lowest BCUT2D eigenvalue weighted by atomic mass is 10.2. The number of carbonyl (C=O) groups excluding carboxylic acids is 1. The van der Waals surface area contributed by atoms with E-state index < -0.39 is 0 Å². The zero-order valence-electron chi connectivity index (χ0n) is 10.8. The predicted molar refractivity (Wildman–Crippen MR) is 76.8 cm³/mol. The number of aliphatic hydroxyl groups is 1. The molecular formula is C14H21NO2S. The Morgan fingerprint density at radius 3 is 2.72 bits per heavy atom. The van der Waals surface area contributed by atoms with E-state index in [0.717, 1.165) is 18.6 Å². The summed E-state index contributed by atoms with van der Waals surface area (Å²) in [6.45, 7) is 1.96. The van der Waals surface area contributed by atoms with E-state index in [4.69, 9.17) is 5.11 Å². The zero-order valence-corrected chi connectivity index (χ0v) is 11.6. The topological polar surface area (TPSA) is 49.3 Å². The van der Waals surface area contributed by atoms with Crippen molar-refractivity contribution in [1.82, 2.24) is 5.32 Å². The van der Waals surface area contributed by atoms with Crippen molar-refractivity contribution in [1.29, 1.82) is 0 Å². The molecule has 0 bridgehead atoms. The van der Waals surface area contributed by atoms with Gasteiger partial charge in [-0.25, -0.2) is 0 Å². The molecule has 18 heavy (non-hydrogen) atoms. The van der Waals surface area contributed by atoms with Crippen LogP contribution >= 0.6 is 11.8 Å². The van der Waals surface area contributed by atoms with Crippen molar-refractivity contribution < 1.29 is 9.90 Å². The average molecular weight is 267 g/mol. The quantitative estimate of drug-likeness (QED) is 0.707. The van der Waals surface area contributed by atoms with Crippen LogP contribution in [0, 0.1) is 0 Å². The van der Waals surface area contributed by atoms with E-state index in [-0.39, 0.29) is 18.6 Å². The van der Waals surface area contributed by atoms with Crippen LogP contribution < -0.4 is 5.32 Å². The number of rotatable bonds is 8. The van der Waals surface area contributed by atoms with Crippen LogP contribution in [0.2, 0.25) is 0 Å². The van der Waals surface area contributed by atoms with Gasteiger partial charge in [-0.1, -0.05) is 37.3 Å². The molecule has 0 aliphatic rings. The van der Waals surface area contributed by atoms with Gasteiger partial charge in [0.1, 0.15) is 0 Å². The fourth-order valence-corrected chi connectivity index (χ4v) is 2.34. The standard InChI is InChI=1S/C14H21NO2S/c1-2-13(10-16)15-14(17)11-18-9-8-12-6-4-3-5-7-12/h3-7,13,16H,2,8-11H2,1H3,(H,15,17). The van der Waals surface area contributed by atoms with Crippen molar-refractivity contribution in [2.75, 3.05) is 18.1 Å². The Kier molecular flexibility index (Phi) is 7.53. The van der Waals surface area contributed by atoms with E-state index in [9.17, 15) is 4.79 Å². The SMILES string of the molecule is CCC(CO)NC(=O)CSCCc1ccccc1. The minimum absolute atomic E-state index is 0.00830. The van der Waals surface area contributed by atoms with Gasteiger partial charge in [0.25, 0.3) is 0 Å². The number of nitrogens with one attached hydrogen (secondary N) is 1. The van der Waals surface area contributed by atoms with Crippen molar-refractivity contribution in [3.63, 3.8) is 0 Å². The Hall–Kier alpha value is -1.00. The molecule has 4 heteroatoms. The first kappa shape index (κ1) is 15.1. The largest absolute Gasteiger partial charge is 0.394 e. The highest BCUT2D eigenvalue weighted by Crippen LogP contribution is 2.06. The van der Waals surface area contributed by atoms with Gasteiger partial charge in [0, 0.05) is 0 Å². The number of thioether (sulfide) groups is 1. The number of benzene rings is 1. The van der Waals surface area contributed by atoms with Crippen molar-refractivity contribution in [2.45, 2.75) is 25.8 Å². The number of aliphatic hydroxyl groups excluding tert-OH is 1. The molecule has 0 heterocycles. The maximum atomic E-state index is 11.5. The summed E-state index contributed by atoms with van der Waals surface area (Å²) in [6.07, 6.45) is 1.74. The van der Waals surface area contributed by atoms with Gasteiger partial charge in [-0.15, -0.1) is 0 Å². The molecule has 3 nitrogen and oxygen atoms in total. The van der Waals surface area contributed by atoms with Gasteiger partial charge in [-0.2, -0.15) is 11.8 Å². The van der Waals surface area contributed by atoms with Crippen LogP contribution in [0.1, 0.15) is 18.9 Å². The number of aryl methyl sites for hydroxylation is 1. The second kappa shape index (κ2) is 9.00. The highest BCUT2D eigenvalue weighted by molar-refractivity contribution is 7.99. The Balaban J connectivity index is 2.12. The normalized spacial score (nSPS) is 12.1. The number of hydrogen-bond acceptors (Lipinski definition) is 3. The number of carbonyl (C=O) groups is 1. The highest BCUT2D eigenvalue weighted by Gasteiger charge is 2.08. The Morgan fingerprint density at radius 1 is 1.39 bits per heavy atom. The summed E-state index contributed by atoms with van der Waals surface area (Å²) >= 11 is 1.63. The molecule has 0 spiro atoms. The fourth-order valence-electron chi connectivity index (χ4n) is 1.55. The second-order valence-corrected chi connectivity index (χ2v) is 5.25. The van der Waals surface area contributed by atoms with Crippen LogP contribution in [0.5, 0.6) is 0 Å². The summed E-state index contributed by atoms with van der Waals surface area (Å²) in [5, 5.41) is 11.8. The third-order valence-electron chi connectivity index (χ3n) is 2.69. The first-order valence-corrected chi connectivity index (χ1v) is 7.43. The van der Waals surface area contributed by atoms with Crippen LogP contribution in [-0.2, 0) is 11.2 Å². The Bertz CT molecular complexity index is 339. The van der Waals surface area contributed by atoms with Crippen molar-refractivity contribution in [3.05, 3.63) is 35.9 Å². The van der Waals surface area contributed by atoms with E-state index in [0.29, 0.717) is 5.75 Å². The number of hydrogen-bond donors (Lipinski definition) is 2. The maximum Gasteiger partial charge on any atom is 0.230 e. The van der Waals surface area contributed by atoms with E-state index in [2.05, 4.69) is 17.4 Å². The van der Waals surface area contributed by atoms with Crippen LogP contribution in [-0.4, -0.2) is 35.2 Å². The molecule has 0 aliphatic carbocycles. The molecule has 0 radical (unpaired) electrons. The van der Waals surface area contributed by atoms with Crippen LogP contribution in [0.3, 0.4) is 0 Å². The molecule has 1 aromatic carbocycles. The van der Waals surface area contributed by atoms with Gasteiger partial charge in [-0.05, 0) is 24.2 Å². The summed E-state index contributed by atoms with van der Waals surface area (Å²) in [5.74, 6) is 1.41. The molecule has 2 N–H and O–H groups in total. The smallest absolute Gasteiger partial charge is 0.230 e. The summed E-state index contributed by atoms with van der Waals surface area (Å²) in [5.41, 5.74) is 1.30. The minimum atomic E-state index is -0.104. The molecule has 0 saturated heterocycles. The van der Waals surface area contributed by atoms with Gasteiger partial charge in [0.2, 0.25) is 5.91 Å². The molecular weight excluding hydrogens is 246 g/mol. The molecule has 0 aromatic heterocycles. The lowest BCUT2D eigenvalue weighted by Gasteiger charge is -2.13. The molecule has 100 valence electrons. The molecule has 0 aliphatic heterocycles. The van der Waals surface area contributed by atoms with Gasteiger partial charge in [0.05, 0.1) is 18.4 Å². The van der Waals surface area contributed by atoms with Crippen LogP contribution in [0.15, 0.2) is 30.3 Å². The van der Waals surface area contributed by atoms with Crippen molar-refractivity contribution in [2.24, 2.45) is 0 Å². The monoisotopic (exact) mass is 267 g/mol. The summed E-state index contributed by atoms with van der Waals surface area (Å²) in [6, 6.07) is 10.1. The molecule has 1 amide bonds. The highest BCUT2D eigenvalue weighted by atomic mass is 32.2.